The second kappa shape index (κ2) is 11.4. The summed E-state index contributed by atoms with van der Waals surface area (Å²) in [5, 5.41) is 26.4. The van der Waals surface area contributed by atoms with Gasteiger partial charge in [-0.25, -0.2) is 14.6 Å². The van der Waals surface area contributed by atoms with Gasteiger partial charge in [0.15, 0.2) is 5.65 Å². The van der Waals surface area contributed by atoms with Crippen LogP contribution in [0.15, 0.2) is 18.3 Å². The first-order valence-corrected chi connectivity index (χ1v) is 13.9. The molecule has 0 saturated carbocycles. The SMILES string of the molecule is Cc1ccc(O)c(C)c1-n1c(NC(=O)OC(C)(C)C)c(C#N)c2cnc(NC(=O)[C@@H]3CCCN3C(=O)OC(C)(C)C)nc21. The normalized spacial score (nSPS) is 15.2. The Bertz CT molecular complexity index is 1640. The molecule has 2 aromatic heterocycles. The number of fused-ring (bicyclic) bond motifs is 1. The van der Waals surface area contributed by atoms with Gasteiger partial charge in [-0.05, 0) is 79.9 Å². The van der Waals surface area contributed by atoms with E-state index in [1.54, 1.807) is 60.6 Å². The van der Waals surface area contributed by atoms with Crippen molar-refractivity contribution in [1.29, 1.82) is 5.26 Å². The zero-order valence-corrected chi connectivity index (χ0v) is 25.7. The van der Waals surface area contributed by atoms with Gasteiger partial charge in [-0.2, -0.15) is 10.2 Å². The van der Waals surface area contributed by atoms with E-state index in [1.165, 1.54) is 15.7 Å². The second-order valence-electron chi connectivity index (χ2n) is 12.4. The molecule has 0 unspecified atom stereocenters. The topological polar surface area (TPSA) is 172 Å². The van der Waals surface area contributed by atoms with Gasteiger partial charge in [0.25, 0.3) is 0 Å². The molecule has 3 amide bonds. The molecule has 0 bridgehead atoms. The molecule has 13 nitrogen and oxygen atoms in total. The highest BCUT2D eigenvalue weighted by molar-refractivity contribution is 5.99. The summed E-state index contributed by atoms with van der Waals surface area (Å²) in [6.07, 6.45) is 1.06. The maximum absolute atomic E-state index is 13.3. The van der Waals surface area contributed by atoms with Crippen LogP contribution in [0.2, 0.25) is 0 Å². The van der Waals surface area contributed by atoms with Gasteiger partial charge in [0.05, 0.1) is 11.1 Å². The van der Waals surface area contributed by atoms with Crippen LogP contribution < -0.4 is 10.6 Å². The Kier molecular flexibility index (Phi) is 8.26. The molecule has 1 aromatic carbocycles. The van der Waals surface area contributed by atoms with Crippen molar-refractivity contribution in [3.8, 4) is 17.5 Å². The number of aryl methyl sites for hydroxylation is 1. The highest BCUT2D eigenvalue weighted by atomic mass is 16.6. The molecular weight excluding hydrogens is 554 g/mol. The third-order valence-electron chi connectivity index (χ3n) is 6.69. The minimum absolute atomic E-state index is 0.00442. The fourth-order valence-electron chi connectivity index (χ4n) is 4.92. The number of aromatic hydroxyl groups is 1. The Morgan fingerprint density at radius 2 is 1.74 bits per heavy atom. The van der Waals surface area contributed by atoms with Crippen LogP contribution in [0, 0.1) is 25.2 Å². The average Bonchev–Trinajstić information content (AvgIpc) is 3.48. The third kappa shape index (κ3) is 6.63. The lowest BCUT2D eigenvalue weighted by Gasteiger charge is -2.27. The molecule has 0 radical (unpaired) electrons. The zero-order chi connectivity index (χ0) is 31.9. The standard InChI is InChI=1S/C30H37N7O6/c1-16-11-12-21(38)17(2)22(16)37-23(34-27(40)42-29(3,4)5)18(14-31)19-15-32-26(33-24(19)37)35-25(39)20-10-9-13-36(20)28(41)43-30(6,7)8/h11-12,15,20,38H,9-10,13H2,1-8H3,(H,34,40)(H,32,33,35,39)/t20-/m0/s1. The summed E-state index contributed by atoms with van der Waals surface area (Å²) in [5.41, 5.74) is 0.387. The fourth-order valence-corrected chi connectivity index (χ4v) is 4.92. The molecule has 1 fully saturated rings. The number of amides is 3. The lowest BCUT2D eigenvalue weighted by molar-refractivity contribution is -0.120. The summed E-state index contributed by atoms with van der Waals surface area (Å²) < 4.78 is 12.5. The third-order valence-corrected chi connectivity index (χ3v) is 6.69. The van der Waals surface area contributed by atoms with Crippen LogP contribution in [0.1, 0.15) is 71.1 Å². The van der Waals surface area contributed by atoms with Crippen LogP contribution in [-0.4, -0.2) is 66.4 Å². The number of phenolic OH excluding ortho intramolecular Hbond substituents is 1. The van der Waals surface area contributed by atoms with E-state index < -0.39 is 35.3 Å². The van der Waals surface area contributed by atoms with Gasteiger partial charge in [0, 0.05) is 18.3 Å². The van der Waals surface area contributed by atoms with E-state index in [0.29, 0.717) is 41.6 Å². The number of anilines is 2. The molecule has 4 rings (SSSR count). The quantitative estimate of drug-likeness (QED) is 0.364. The number of carbonyl (C=O) groups excluding carboxylic acids is 3. The number of likely N-dealkylation sites (tertiary alicyclic amines) is 1. The molecular formula is C30H37N7O6. The number of hydrogen-bond donors (Lipinski definition) is 3. The van der Waals surface area contributed by atoms with Crippen molar-refractivity contribution in [2.75, 3.05) is 17.2 Å². The van der Waals surface area contributed by atoms with Crippen molar-refractivity contribution in [2.45, 2.75) is 85.5 Å². The first-order valence-electron chi connectivity index (χ1n) is 13.9. The minimum atomic E-state index is -0.810. The molecule has 0 aliphatic carbocycles. The van der Waals surface area contributed by atoms with Gasteiger partial charge >= 0.3 is 12.2 Å². The molecule has 13 heteroatoms. The van der Waals surface area contributed by atoms with Crippen molar-refractivity contribution < 1.29 is 29.0 Å². The first-order chi connectivity index (χ1) is 20.0. The molecule has 3 N–H and O–H groups in total. The number of rotatable bonds is 4. The minimum Gasteiger partial charge on any atom is -0.508 e. The summed E-state index contributed by atoms with van der Waals surface area (Å²) >= 11 is 0. The average molecular weight is 592 g/mol. The lowest BCUT2D eigenvalue weighted by atomic mass is 10.1. The van der Waals surface area contributed by atoms with E-state index in [4.69, 9.17) is 9.47 Å². The summed E-state index contributed by atoms with van der Waals surface area (Å²) in [6, 6.07) is 4.57. The summed E-state index contributed by atoms with van der Waals surface area (Å²) in [6.45, 7) is 14.3. The van der Waals surface area contributed by atoms with Crippen molar-refractivity contribution in [1.82, 2.24) is 19.4 Å². The predicted molar refractivity (Wildman–Crippen MR) is 159 cm³/mol. The number of nitriles is 1. The molecule has 0 spiro atoms. The molecule has 1 aliphatic rings. The molecule has 3 heterocycles. The predicted octanol–water partition coefficient (Wildman–Crippen LogP) is 5.30. The molecule has 1 saturated heterocycles. The second-order valence-corrected chi connectivity index (χ2v) is 12.4. The first kappa shape index (κ1) is 31.1. The van der Waals surface area contributed by atoms with Gasteiger partial charge in [-0.15, -0.1) is 0 Å². The summed E-state index contributed by atoms with van der Waals surface area (Å²) in [7, 11) is 0. The smallest absolute Gasteiger partial charge is 0.413 e. The van der Waals surface area contributed by atoms with Gasteiger partial charge < -0.3 is 14.6 Å². The van der Waals surface area contributed by atoms with Crippen LogP contribution in [-0.2, 0) is 14.3 Å². The molecule has 1 aliphatic heterocycles. The van der Waals surface area contributed by atoms with E-state index in [-0.39, 0.29) is 28.7 Å². The van der Waals surface area contributed by atoms with Gasteiger partial charge in [-0.1, -0.05) is 6.07 Å². The number of hydrogen-bond acceptors (Lipinski definition) is 9. The van der Waals surface area contributed by atoms with E-state index in [1.807, 2.05) is 6.92 Å². The highest BCUT2D eigenvalue weighted by Crippen LogP contribution is 2.37. The highest BCUT2D eigenvalue weighted by Gasteiger charge is 2.37. The number of benzene rings is 1. The number of phenols is 1. The van der Waals surface area contributed by atoms with E-state index in [2.05, 4.69) is 26.7 Å². The van der Waals surface area contributed by atoms with Gasteiger partial charge in [0.2, 0.25) is 11.9 Å². The summed E-state index contributed by atoms with van der Waals surface area (Å²) in [5.74, 6) is -0.502. The van der Waals surface area contributed by atoms with Crippen molar-refractivity contribution in [2.24, 2.45) is 0 Å². The number of nitrogens with one attached hydrogen (secondary N) is 2. The molecule has 3 aromatic rings. The number of carbonyl (C=O) groups is 3. The van der Waals surface area contributed by atoms with Gasteiger partial charge in [-0.3, -0.25) is 24.9 Å². The lowest BCUT2D eigenvalue weighted by Crippen LogP contribution is -2.45. The van der Waals surface area contributed by atoms with Crippen molar-refractivity contribution in [3.63, 3.8) is 0 Å². The Hall–Kier alpha value is -4.86. The van der Waals surface area contributed by atoms with Crippen molar-refractivity contribution in [3.05, 3.63) is 35.0 Å². The summed E-state index contributed by atoms with van der Waals surface area (Å²) in [4.78, 5) is 49.2. The number of aromatic nitrogens is 3. The number of nitrogens with zero attached hydrogens (tertiary/aromatic N) is 5. The molecule has 228 valence electrons. The van der Waals surface area contributed by atoms with Gasteiger partial charge in [0.1, 0.15) is 40.4 Å². The Labute approximate surface area is 249 Å². The van der Waals surface area contributed by atoms with Crippen molar-refractivity contribution >= 4 is 40.9 Å². The van der Waals surface area contributed by atoms with E-state index in [9.17, 15) is 24.8 Å². The zero-order valence-electron chi connectivity index (χ0n) is 25.7. The van der Waals surface area contributed by atoms with Crippen LogP contribution in [0.3, 0.4) is 0 Å². The van der Waals surface area contributed by atoms with Crippen LogP contribution in [0.5, 0.6) is 5.75 Å². The Balaban J connectivity index is 1.80. The largest absolute Gasteiger partial charge is 0.508 e. The Morgan fingerprint density at radius 1 is 1.07 bits per heavy atom. The number of ether oxygens (including phenoxy) is 2. The molecule has 1 atom stereocenters. The van der Waals surface area contributed by atoms with E-state index in [0.717, 1.165) is 0 Å². The van der Waals surface area contributed by atoms with Crippen LogP contribution >= 0.6 is 0 Å². The fraction of sp³-hybridized carbons (Fsp3) is 0.467. The Morgan fingerprint density at radius 3 is 2.37 bits per heavy atom. The van der Waals surface area contributed by atoms with Crippen LogP contribution in [0.25, 0.3) is 16.7 Å². The maximum atomic E-state index is 13.3. The van der Waals surface area contributed by atoms with Crippen LogP contribution in [0.4, 0.5) is 21.4 Å². The molecule has 43 heavy (non-hydrogen) atoms. The monoisotopic (exact) mass is 591 g/mol. The maximum Gasteiger partial charge on any atom is 0.413 e. The van der Waals surface area contributed by atoms with E-state index >= 15 is 0 Å².